The van der Waals surface area contributed by atoms with Gasteiger partial charge in [0.05, 0.1) is 19.4 Å². The van der Waals surface area contributed by atoms with Crippen LogP contribution in [-0.2, 0) is 24.2 Å². The Morgan fingerprint density at radius 3 is 2.12 bits per heavy atom. The van der Waals surface area contributed by atoms with Crippen molar-refractivity contribution in [2.24, 2.45) is 0 Å². The second-order valence-electron chi connectivity index (χ2n) is 2.95. The van der Waals surface area contributed by atoms with Gasteiger partial charge in [0, 0.05) is 0 Å². The highest BCUT2D eigenvalue weighted by Crippen LogP contribution is 2.16. The molecule has 16 heavy (non-hydrogen) atoms. The largest absolute Gasteiger partial charge is 0.481 e. The van der Waals surface area contributed by atoms with Crippen LogP contribution in [-0.4, -0.2) is 45.4 Å². The van der Waals surface area contributed by atoms with Gasteiger partial charge >= 0.3 is 17.9 Å². The zero-order valence-corrected chi connectivity index (χ0v) is 8.50. The van der Waals surface area contributed by atoms with Gasteiger partial charge in [0.1, 0.15) is 0 Å². The Labute approximate surface area is 90.3 Å². The molecule has 92 valence electrons. The maximum Gasteiger partial charge on any atom is 0.345 e. The normalized spacial score (nSPS) is 13.9. The molecule has 1 atom stereocenters. The molecule has 0 fully saturated rings. The van der Waals surface area contributed by atoms with Crippen molar-refractivity contribution in [3.63, 3.8) is 0 Å². The molecule has 1 unspecified atom stereocenters. The van der Waals surface area contributed by atoms with Crippen molar-refractivity contribution in [1.82, 2.24) is 0 Å². The number of carboxylic acid groups (broad SMARTS) is 2. The first-order valence-corrected chi connectivity index (χ1v) is 4.31. The first kappa shape index (κ1) is 14.3. The fourth-order valence-electron chi connectivity index (χ4n) is 0.857. The maximum absolute atomic E-state index is 10.9. The van der Waals surface area contributed by atoms with Crippen molar-refractivity contribution in [3.8, 4) is 0 Å². The third kappa shape index (κ3) is 4.71. The topological polar surface area (TPSA) is 130 Å². The zero-order chi connectivity index (χ0) is 12.8. The maximum atomic E-state index is 10.9. The Morgan fingerprint density at radius 1 is 1.19 bits per heavy atom. The molecular weight excluding hydrogens is 224 g/mol. The fraction of sp³-hybridized carbons (Fsp3) is 0.625. The molecule has 0 aromatic heterocycles. The van der Waals surface area contributed by atoms with Gasteiger partial charge in [-0.2, -0.15) is 4.89 Å². The molecule has 0 bridgehead atoms. The lowest BCUT2D eigenvalue weighted by Gasteiger charge is -2.19. The van der Waals surface area contributed by atoms with E-state index in [1.54, 1.807) is 0 Å². The number of aliphatic carboxylic acids is 2. The van der Waals surface area contributed by atoms with Crippen LogP contribution in [0, 0.1) is 0 Å². The van der Waals surface area contributed by atoms with Crippen molar-refractivity contribution < 1.29 is 39.5 Å². The van der Waals surface area contributed by atoms with E-state index in [0.29, 0.717) is 0 Å². The van der Waals surface area contributed by atoms with Crippen LogP contribution in [0.1, 0.15) is 19.8 Å². The Hall–Kier alpha value is -1.67. The first-order valence-electron chi connectivity index (χ1n) is 4.31. The molecule has 8 heteroatoms. The van der Waals surface area contributed by atoms with Crippen molar-refractivity contribution in [2.75, 3.05) is 6.61 Å². The van der Waals surface area contributed by atoms with E-state index in [2.05, 4.69) is 9.78 Å². The predicted molar refractivity (Wildman–Crippen MR) is 47.2 cm³/mol. The molecule has 0 amide bonds. The van der Waals surface area contributed by atoms with Crippen molar-refractivity contribution in [3.05, 3.63) is 0 Å². The summed E-state index contributed by atoms with van der Waals surface area (Å²) in [7, 11) is 0. The smallest absolute Gasteiger partial charge is 0.345 e. The van der Waals surface area contributed by atoms with Crippen LogP contribution in [0.15, 0.2) is 0 Å². The van der Waals surface area contributed by atoms with E-state index < -0.39 is 36.4 Å². The molecule has 0 aliphatic heterocycles. The summed E-state index contributed by atoms with van der Waals surface area (Å²) in [6.45, 7) is 1.57. The van der Waals surface area contributed by atoms with Crippen molar-refractivity contribution in [1.29, 1.82) is 0 Å². The summed E-state index contributed by atoms with van der Waals surface area (Å²) in [6, 6.07) is 0. The van der Waals surface area contributed by atoms with E-state index in [1.807, 2.05) is 0 Å². The Balaban J connectivity index is 4.49. The molecule has 0 aromatic rings. The van der Waals surface area contributed by atoms with Crippen molar-refractivity contribution >= 4 is 17.9 Å². The number of carboxylic acids is 2. The van der Waals surface area contributed by atoms with Crippen LogP contribution >= 0.6 is 0 Å². The lowest BCUT2D eigenvalue weighted by Crippen LogP contribution is -2.43. The van der Waals surface area contributed by atoms with E-state index in [4.69, 9.17) is 10.2 Å². The summed E-state index contributed by atoms with van der Waals surface area (Å²) in [4.78, 5) is 40.1. The SMILES string of the molecule is CCOOC(=O)CC(O)(CC(=O)O)C(=O)O. The van der Waals surface area contributed by atoms with Gasteiger partial charge in [0.2, 0.25) is 0 Å². The van der Waals surface area contributed by atoms with Gasteiger partial charge in [0.25, 0.3) is 0 Å². The monoisotopic (exact) mass is 236 g/mol. The summed E-state index contributed by atoms with van der Waals surface area (Å²) in [5.74, 6) is -4.52. The average Bonchev–Trinajstić information content (AvgIpc) is 2.12. The van der Waals surface area contributed by atoms with Gasteiger partial charge in [0.15, 0.2) is 5.60 Å². The molecule has 0 saturated heterocycles. The quantitative estimate of drug-likeness (QED) is 0.385. The Bertz CT molecular complexity index is 286. The highest BCUT2D eigenvalue weighted by atomic mass is 17.2. The molecule has 8 nitrogen and oxygen atoms in total. The van der Waals surface area contributed by atoms with Gasteiger partial charge < -0.3 is 15.3 Å². The number of rotatable bonds is 7. The number of hydrogen-bond donors (Lipinski definition) is 3. The third-order valence-corrected chi connectivity index (χ3v) is 1.55. The van der Waals surface area contributed by atoms with Gasteiger partial charge in [-0.05, 0) is 6.92 Å². The molecule has 0 rings (SSSR count). The molecule has 3 N–H and O–H groups in total. The molecule has 0 heterocycles. The Morgan fingerprint density at radius 2 is 1.75 bits per heavy atom. The van der Waals surface area contributed by atoms with Crippen LogP contribution in [0.3, 0.4) is 0 Å². The van der Waals surface area contributed by atoms with E-state index in [9.17, 15) is 19.5 Å². The molecule has 0 spiro atoms. The second kappa shape index (κ2) is 6.03. The number of carbonyl (C=O) groups is 3. The zero-order valence-electron chi connectivity index (χ0n) is 8.50. The highest BCUT2D eigenvalue weighted by Gasteiger charge is 2.41. The van der Waals surface area contributed by atoms with Crippen molar-refractivity contribution in [2.45, 2.75) is 25.4 Å². The second-order valence-corrected chi connectivity index (χ2v) is 2.95. The summed E-state index contributed by atoms with van der Waals surface area (Å²) >= 11 is 0. The summed E-state index contributed by atoms with van der Waals surface area (Å²) < 4.78 is 0. The molecular formula is C8H12O8. The molecule has 0 aliphatic rings. The number of carbonyl (C=O) groups excluding carboxylic acids is 1. The third-order valence-electron chi connectivity index (χ3n) is 1.55. The molecule has 0 aliphatic carbocycles. The van der Waals surface area contributed by atoms with E-state index >= 15 is 0 Å². The minimum absolute atomic E-state index is 0.0518. The number of aliphatic hydroxyl groups is 1. The van der Waals surface area contributed by atoms with E-state index in [0.717, 1.165) is 0 Å². The summed E-state index contributed by atoms with van der Waals surface area (Å²) in [5, 5.41) is 26.4. The fourth-order valence-corrected chi connectivity index (χ4v) is 0.857. The van der Waals surface area contributed by atoms with Crippen LogP contribution in [0.5, 0.6) is 0 Å². The summed E-state index contributed by atoms with van der Waals surface area (Å²) in [5.41, 5.74) is -2.69. The lowest BCUT2D eigenvalue weighted by molar-refractivity contribution is -0.272. The average molecular weight is 236 g/mol. The molecule has 0 saturated carbocycles. The van der Waals surface area contributed by atoms with Gasteiger partial charge in [-0.3, -0.25) is 9.68 Å². The minimum atomic E-state index is -2.69. The summed E-state index contributed by atoms with van der Waals surface area (Å²) in [6.07, 6.45) is -2.11. The van der Waals surface area contributed by atoms with Crippen LogP contribution in [0.2, 0.25) is 0 Å². The van der Waals surface area contributed by atoms with Gasteiger partial charge in [-0.1, -0.05) is 0 Å². The van der Waals surface area contributed by atoms with Crippen LogP contribution in [0.4, 0.5) is 0 Å². The first-order chi connectivity index (χ1) is 7.31. The van der Waals surface area contributed by atoms with Gasteiger partial charge in [-0.15, -0.1) is 0 Å². The number of hydrogen-bond acceptors (Lipinski definition) is 6. The minimum Gasteiger partial charge on any atom is -0.481 e. The van der Waals surface area contributed by atoms with Crippen LogP contribution in [0.25, 0.3) is 0 Å². The molecule has 0 aromatic carbocycles. The van der Waals surface area contributed by atoms with E-state index in [-0.39, 0.29) is 6.61 Å². The standard InChI is InChI=1S/C8H12O8/c1-2-15-16-6(11)4-8(14,7(12)13)3-5(9)10/h14H,2-4H2,1H3,(H,9,10)(H,12,13). The lowest BCUT2D eigenvalue weighted by atomic mass is 9.96. The predicted octanol–water partition coefficient (Wildman–Crippen LogP) is -0.838. The Kier molecular flexibility index (Phi) is 5.40. The van der Waals surface area contributed by atoms with E-state index in [1.165, 1.54) is 6.92 Å². The highest BCUT2D eigenvalue weighted by molar-refractivity contribution is 5.88. The van der Waals surface area contributed by atoms with Gasteiger partial charge in [-0.25, -0.2) is 9.59 Å². The molecule has 0 radical (unpaired) electrons. The van der Waals surface area contributed by atoms with Crippen LogP contribution < -0.4 is 0 Å².